The minimum atomic E-state index is -0.155. The molecule has 12 heavy (non-hydrogen) atoms. The van der Waals surface area contributed by atoms with Crippen LogP contribution < -0.4 is 0 Å². The molecule has 0 N–H and O–H groups in total. The predicted octanol–water partition coefficient (Wildman–Crippen LogP) is 2.27. The highest BCUT2D eigenvalue weighted by Crippen LogP contribution is 2.11. The number of ketones is 1. The van der Waals surface area contributed by atoms with Gasteiger partial charge in [0.05, 0.1) is 0 Å². The maximum absolute atomic E-state index is 11.0. The fourth-order valence-electron chi connectivity index (χ4n) is 1.07. The zero-order valence-corrected chi connectivity index (χ0v) is 7.93. The van der Waals surface area contributed by atoms with Gasteiger partial charge < -0.3 is 0 Å². The van der Waals surface area contributed by atoms with Gasteiger partial charge in [-0.2, -0.15) is 0 Å². The molecule has 0 aromatic carbocycles. The van der Waals surface area contributed by atoms with E-state index in [0.29, 0.717) is 12.8 Å². The SMILES string of the molecule is CCCCC([C]=O)CC(=O)CC. The number of Topliss-reactive ketones (excluding diaryl/α,β-unsaturated/α-hetero) is 1. The van der Waals surface area contributed by atoms with Crippen molar-refractivity contribution in [3.8, 4) is 0 Å². The Morgan fingerprint density at radius 2 is 2.08 bits per heavy atom. The van der Waals surface area contributed by atoms with Crippen LogP contribution in [0.25, 0.3) is 0 Å². The molecule has 0 spiro atoms. The molecule has 2 nitrogen and oxygen atoms in total. The van der Waals surface area contributed by atoms with E-state index in [0.717, 1.165) is 19.3 Å². The van der Waals surface area contributed by atoms with E-state index < -0.39 is 0 Å². The smallest absolute Gasteiger partial charge is 0.202 e. The van der Waals surface area contributed by atoms with Gasteiger partial charge in [0.25, 0.3) is 0 Å². The maximum Gasteiger partial charge on any atom is 0.202 e. The van der Waals surface area contributed by atoms with Crippen LogP contribution >= 0.6 is 0 Å². The van der Waals surface area contributed by atoms with E-state index in [1.165, 1.54) is 0 Å². The quantitative estimate of drug-likeness (QED) is 0.586. The second kappa shape index (κ2) is 7.01. The van der Waals surface area contributed by atoms with Crippen molar-refractivity contribution in [2.45, 2.75) is 46.0 Å². The van der Waals surface area contributed by atoms with E-state index in [1.807, 2.05) is 13.2 Å². The zero-order chi connectivity index (χ0) is 9.40. The lowest BCUT2D eigenvalue weighted by atomic mass is 9.97. The molecule has 1 unspecified atom stereocenters. The van der Waals surface area contributed by atoms with Crippen molar-refractivity contribution in [3.63, 3.8) is 0 Å². The summed E-state index contributed by atoms with van der Waals surface area (Å²) >= 11 is 0. The molecule has 0 rings (SSSR count). The van der Waals surface area contributed by atoms with E-state index in [1.54, 1.807) is 0 Å². The lowest BCUT2D eigenvalue weighted by Gasteiger charge is -2.05. The van der Waals surface area contributed by atoms with E-state index in [-0.39, 0.29) is 11.7 Å². The van der Waals surface area contributed by atoms with E-state index in [2.05, 4.69) is 6.92 Å². The van der Waals surface area contributed by atoms with Gasteiger partial charge in [0.1, 0.15) is 5.78 Å². The Morgan fingerprint density at radius 1 is 1.42 bits per heavy atom. The number of carbonyl (C=O) groups excluding carboxylic acids is 2. The van der Waals surface area contributed by atoms with Gasteiger partial charge >= 0.3 is 0 Å². The Labute approximate surface area is 74.3 Å². The molecule has 0 fully saturated rings. The summed E-state index contributed by atoms with van der Waals surface area (Å²) in [5.41, 5.74) is 0. The first-order chi connectivity index (χ1) is 5.74. The van der Waals surface area contributed by atoms with Crippen LogP contribution in [0, 0.1) is 5.92 Å². The van der Waals surface area contributed by atoms with Crippen molar-refractivity contribution in [1.82, 2.24) is 0 Å². The standard InChI is InChI=1S/C10H17O2/c1-3-5-6-9(8-11)7-10(12)4-2/h9H,3-7H2,1-2H3. The Bertz CT molecular complexity index is 141. The molecule has 1 atom stereocenters. The molecule has 0 bridgehead atoms. The topological polar surface area (TPSA) is 34.1 Å². The van der Waals surface area contributed by atoms with Crippen molar-refractivity contribution in [2.24, 2.45) is 5.92 Å². The monoisotopic (exact) mass is 169 g/mol. The molecule has 0 saturated carbocycles. The summed E-state index contributed by atoms with van der Waals surface area (Å²) in [5, 5.41) is 0. The Hall–Kier alpha value is -0.660. The van der Waals surface area contributed by atoms with E-state index in [4.69, 9.17) is 0 Å². The van der Waals surface area contributed by atoms with Crippen molar-refractivity contribution in [1.29, 1.82) is 0 Å². The fourth-order valence-corrected chi connectivity index (χ4v) is 1.07. The highest BCUT2D eigenvalue weighted by molar-refractivity contribution is 5.80. The first kappa shape index (κ1) is 11.3. The van der Waals surface area contributed by atoms with Gasteiger partial charge in [0.15, 0.2) is 0 Å². The van der Waals surface area contributed by atoms with Gasteiger partial charge in [-0.15, -0.1) is 0 Å². The summed E-state index contributed by atoms with van der Waals surface area (Å²) in [4.78, 5) is 21.4. The molecule has 0 aliphatic carbocycles. The van der Waals surface area contributed by atoms with Crippen molar-refractivity contribution < 1.29 is 9.59 Å². The lowest BCUT2D eigenvalue weighted by molar-refractivity contribution is -0.119. The number of unbranched alkanes of at least 4 members (excludes halogenated alkanes) is 1. The third-order valence-corrected chi connectivity index (χ3v) is 1.94. The van der Waals surface area contributed by atoms with Crippen LogP contribution in [0.3, 0.4) is 0 Å². The average Bonchev–Trinajstić information content (AvgIpc) is 2.11. The average molecular weight is 169 g/mol. The van der Waals surface area contributed by atoms with Crippen LogP contribution in [-0.4, -0.2) is 12.1 Å². The predicted molar refractivity (Wildman–Crippen MR) is 48.6 cm³/mol. The molecular formula is C10H17O2. The number of rotatable bonds is 7. The first-order valence-electron chi connectivity index (χ1n) is 4.63. The molecule has 0 aromatic heterocycles. The summed E-state index contributed by atoms with van der Waals surface area (Å²) < 4.78 is 0. The zero-order valence-electron chi connectivity index (χ0n) is 7.93. The lowest BCUT2D eigenvalue weighted by Crippen LogP contribution is -2.08. The number of hydrogen-bond donors (Lipinski definition) is 0. The maximum atomic E-state index is 11.0. The number of hydrogen-bond acceptors (Lipinski definition) is 2. The molecule has 0 heterocycles. The fraction of sp³-hybridized carbons (Fsp3) is 0.800. The molecule has 2 heteroatoms. The van der Waals surface area contributed by atoms with Crippen molar-refractivity contribution >= 4 is 12.1 Å². The van der Waals surface area contributed by atoms with Crippen molar-refractivity contribution in [2.75, 3.05) is 0 Å². The highest BCUT2D eigenvalue weighted by Gasteiger charge is 2.11. The molecular weight excluding hydrogens is 152 g/mol. The van der Waals surface area contributed by atoms with Crippen LogP contribution in [0.15, 0.2) is 0 Å². The van der Waals surface area contributed by atoms with Crippen molar-refractivity contribution in [3.05, 3.63) is 0 Å². The molecule has 0 saturated heterocycles. The van der Waals surface area contributed by atoms with Gasteiger partial charge in [-0.25, -0.2) is 0 Å². The molecule has 0 aromatic rings. The van der Waals surface area contributed by atoms with Gasteiger partial charge in [-0.3, -0.25) is 9.59 Å². The minimum Gasteiger partial charge on any atom is -0.300 e. The van der Waals surface area contributed by atoms with E-state index in [9.17, 15) is 9.59 Å². The molecule has 0 aliphatic rings. The normalized spacial score (nSPS) is 12.5. The minimum absolute atomic E-state index is 0.155. The van der Waals surface area contributed by atoms with Crippen LogP contribution in [-0.2, 0) is 9.59 Å². The molecule has 0 amide bonds. The van der Waals surface area contributed by atoms with Gasteiger partial charge in [-0.05, 0) is 6.42 Å². The second-order valence-electron chi connectivity index (χ2n) is 3.05. The number of carbonyl (C=O) groups is 1. The molecule has 0 aliphatic heterocycles. The van der Waals surface area contributed by atoms with Gasteiger partial charge in [-0.1, -0.05) is 26.7 Å². The van der Waals surface area contributed by atoms with Crippen LogP contribution in [0.5, 0.6) is 0 Å². The molecule has 69 valence electrons. The largest absolute Gasteiger partial charge is 0.300 e. The third kappa shape index (κ3) is 5.05. The Kier molecular flexibility index (Phi) is 6.63. The van der Waals surface area contributed by atoms with E-state index >= 15 is 0 Å². The Balaban J connectivity index is 3.66. The summed E-state index contributed by atoms with van der Waals surface area (Å²) in [5.74, 6) is 0.0110. The third-order valence-electron chi connectivity index (χ3n) is 1.94. The van der Waals surface area contributed by atoms with Crippen LogP contribution in [0.4, 0.5) is 0 Å². The first-order valence-corrected chi connectivity index (χ1v) is 4.63. The van der Waals surface area contributed by atoms with Crippen LogP contribution in [0.2, 0.25) is 0 Å². The Morgan fingerprint density at radius 3 is 2.50 bits per heavy atom. The van der Waals surface area contributed by atoms with Gasteiger partial charge in [0.2, 0.25) is 6.29 Å². The summed E-state index contributed by atoms with van der Waals surface area (Å²) in [6.45, 7) is 3.90. The second-order valence-corrected chi connectivity index (χ2v) is 3.05. The summed E-state index contributed by atoms with van der Waals surface area (Å²) in [6, 6.07) is 0. The van der Waals surface area contributed by atoms with Crippen LogP contribution in [0.1, 0.15) is 46.0 Å². The highest BCUT2D eigenvalue weighted by atomic mass is 16.1. The molecule has 1 radical (unpaired) electrons. The summed E-state index contributed by atoms with van der Waals surface area (Å²) in [6.07, 6.45) is 5.74. The summed E-state index contributed by atoms with van der Waals surface area (Å²) in [7, 11) is 0. The van der Waals surface area contributed by atoms with Gasteiger partial charge in [0, 0.05) is 18.8 Å².